The number of hydrogen-bond acceptors (Lipinski definition) is 3. The van der Waals surface area contributed by atoms with E-state index in [2.05, 4.69) is 17.4 Å². The van der Waals surface area contributed by atoms with Gasteiger partial charge in [-0.05, 0) is 28.8 Å². The van der Waals surface area contributed by atoms with Crippen LogP contribution in [0.3, 0.4) is 0 Å². The quantitative estimate of drug-likeness (QED) is 0.685. The summed E-state index contributed by atoms with van der Waals surface area (Å²) < 4.78 is 0. The van der Waals surface area contributed by atoms with Crippen LogP contribution in [0, 0.1) is 0 Å². The van der Waals surface area contributed by atoms with Gasteiger partial charge in [0.2, 0.25) is 0 Å². The van der Waals surface area contributed by atoms with Gasteiger partial charge in [0.1, 0.15) is 6.61 Å². The van der Waals surface area contributed by atoms with Crippen LogP contribution < -0.4 is 5.32 Å². The van der Waals surface area contributed by atoms with Crippen molar-refractivity contribution in [2.24, 2.45) is 0 Å². The number of aliphatic hydroxyl groups is 1. The van der Waals surface area contributed by atoms with Gasteiger partial charge in [0, 0.05) is 12.2 Å². The van der Waals surface area contributed by atoms with Crippen LogP contribution in [-0.2, 0) is 4.79 Å². The molecule has 126 valence electrons. The van der Waals surface area contributed by atoms with E-state index in [-0.39, 0.29) is 11.7 Å². The first-order valence-electron chi connectivity index (χ1n) is 8.36. The minimum absolute atomic E-state index is 0.184. The number of rotatable bonds is 7. The number of ketones is 1. The number of Topliss-reactive ketones (excluding diaryl/α,β-unsaturated/α-hetero) is 1. The average molecular weight is 331 g/mol. The Hall–Kier alpha value is -2.91. The maximum atomic E-state index is 12.2. The minimum atomic E-state index is -0.457. The van der Waals surface area contributed by atoms with Crippen molar-refractivity contribution in [2.75, 3.05) is 18.5 Å². The second kappa shape index (κ2) is 8.27. The summed E-state index contributed by atoms with van der Waals surface area (Å²) in [6.45, 7) is -0.00430. The number of anilines is 1. The van der Waals surface area contributed by atoms with Crippen molar-refractivity contribution in [1.82, 2.24) is 0 Å². The van der Waals surface area contributed by atoms with Gasteiger partial charge < -0.3 is 10.4 Å². The molecule has 0 fully saturated rings. The van der Waals surface area contributed by atoms with Crippen LogP contribution in [0.2, 0.25) is 0 Å². The molecule has 0 aromatic heterocycles. The van der Waals surface area contributed by atoms with Crippen LogP contribution in [-0.4, -0.2) is 24.0 Å². The maximum Gasteiger partial charge on any atom is 0.167 e. The van der Waals surface area contributed by atoms with Crippen molar-refractivity contribution in [3.63, 3.8) is 0 Å². The van der Waals surface area contributed by atoms with Crippen molar-refractivity contribution < 1.29 is 9.90 Å². The van der Waals surface area contributed by atoms with Gasteiger partial charge in [-0.1, -0.05) is 72.8 Å². The number of nitrogens with one attached hydrogen (secondary N) is 1. The topological polar surface area (TPSA) is 49.3 Å². The highest BCUT2D eigenvalue weighted by atomic mass is 16.3. The van der Waals surface area contributed by atoms with Gasteiger partial charge in [0.05, 0.1) is 5.92 Å². The molecule has 3 aromatic carbocycles. The first-order valence-corrected chi connectivity index (χ1v) is 8.36. The fourth-order valence-corrected chi connectivity index (χ4v) is 2.84. The smallest absolute Gasteiger partial charge is 0.167 e. The van der Waals surface area contributed by atoms with Crippen LogP contribution in [0.4, 0.5) is 5.69 Å². The summed E-state index contributed by atoms with van der Waals surface area (Å²) in [5.41, 5.74) is 4.11. The van der Waals surface area contributed by atoms with Crippen LogP contribution >= 0.6 is 0 Å². The van der Waals surface area contributed by atoms with Gasteiger partial charge in [0.25, 0.3) is 0 Å². The zero-order valence-electron chi connectivity index (χ0n) is 13.9. The van der Waals surface area contributed by atoms with E-state index >= 15 is 0 Å². The molecule has 3 rings (SSSR count). The molecule has 1 unspecified atom stereocenters. The highest BCUT2D eigenvalue weighted by molar-refractivity contribution is 5.87. The Kier molecular flexibility index (Phi) is 5.60. The summed E-state index contributed by atoms with van der Waals surface area (Å²) in [5, 5.41) is 12.6. The number of carbonyl (C=O) groups excluding carboxylic acids is 1. The summed E-state index contributed by atoms with van der Waals surface area (Å²) in [4.78, 5) is 12.2. The SMILES string of the molecule is O=C(CO)C(CNc1ccccc1)c1ccc(-c2ccccc2)cc1. The standard InChI is InChI=1S/C22H21NO2/c24-16-22(25)21(15-23-20-9-5-2-6-10-20)19-13-11-18(12-14-19)17-7-3-1-4-8-17/h1-14,21,23-24H,15-16H2. The summed E-state index contributed by atoms with van der Waals surface area (Å²) in [5.74, 6) is -0.564. The normalized spacial score (nSPS) is 11.7. The molecule has 1 atom stereocenters. The summed E-state index contributed by atoms with van der Waals surface area (Å²) in [6.07, 6.45) is 0. The second-order valence-corrected chi connectivity index (χ2v) is 5.91. The molecule has 2 N–H and O–H groups in total. The molecule has 3 aromatic rings. The average Bonchev–Trinajstić information content (AvgIpc) is 2.70. The summed E-state index contributed by atoms with van der Waals surface area (Å²) >= 11 is 0. The summed E-state index contributed by atoms with van der Waals surface area (Å²) in [7, 11) is 0. The van der Waals surface area contributed by atoms with Crippen molar-refractivity contribution in [1.29, 1.82) is 0 Å². The molecule has 0 aliphatic rings. The zero-order valence-corrected chi connectivity index (χ0v) is 13.9. The largest absolute Gasteiger partial charge is 0.389 e. The van der Waals surface area contributed by atoms with Crippen LogP contribution in [0.15, 0.2) is 84.9 Å². The number of para-hydroxylation sites is 1. The second-order valence-electron chi connectivity index (χ2n) is 5.91. The fraction of sp³-hybridized carbons (Fsp3) is 0.136. The van der Waals surface area contributed by atoms with E-state index in [1.807, 2.05) is 72.8 Å². The van der Waals surface area contributed by atoms with Crippen LogP contribution in [0.5, 0.6) is 0 Å². The van der Waals surface area contributed by atoms with Crippen molar-refractivity contribution in [2.45, 2.75) is 5.92 Å². The molecular formula is C22H21NO2. The van der Waals surface area contributed by atoms with E-state index in [1.54, 1.807) is 0 Å². The van der Waals surface area contributed by atoms with Crippen molar-refractivity contribution in [3.8, 4) is 11.1 Å². The van der Waals surface area contributed by atoms with Crippen LogP contribution in [0.25, 0.3) is 11.1 Å². The Morgan fingerprint density at radius 2 is 1.36 bits per heavy atom. The van der Waals surface area contributed by atoms with E-state index in [1.165, 1.54) is 0 Å². The molecule has 0 saturated heterocycles. The highest BCUT2D eigenvalue weighted by Crippen LogP contribution is 2.24. The number of aliphatic hydroxyl groups excluding tert-OH is 1. The van der Waals surface area contributed by atoms with E-state index < -0.39 is 6.61 Å². The van der Waals surface area contributed by atoms with Gasteiger partial charge in [-0.2, -0.15) is 0 Å². The molecule has 0 amide bonds. The van der Waals surface area contributed by atoms with Gasteiger partial charge >= 0.3 is 0 Å². The molecule has 25 heavy (non-hydrogen) atoms. The van der Waals surface area contributed by atoms with E-state index in [9.17, 15) is 9.90 Å². The number of benzene rings is 3. The monoisotopic (exact) mass is 331 g/mol. The Bertz CT molecular complexity index is 798. The van der Waals surface area contributed by atoms with Gasteiger partial charge in [-0.15, -0.1) is 0 Å². The lowest BCUT2D eigenvalue weighted by Gasteiger charge is -2.17. The first kappa shape index (κ1) is 16.9. The molecule has 3 heteroatoms. The van der Waals surface area contributed by atoms with Crippen LogP contribution in [0.1, 0.15) is 11.5 Å². The third-order valence-corrected chi connectivity index (χ3v) is 4.25. The predicted octanol–water partition coefficient (Wildman–Crippen LogP) is 4.11. The Morgan fingerprint density at radius 3 is 1.96 bits per heavy atom. The summed E-state index contributed by atoms with van der Waals surface area (Å²) in [6, 6.07) is 27.8. The predicted molar refractivity (Wildman–Crippen MR) is 102 cm³/mol. The molecule has 0 aliphatic carbocycles. The Labute approximate surface area is 148 Å². The molecule has 0 spiro atoms. The van der Waals surface area contributed by atoms with Gasteiger partial charge in [-0.25, -0.2) is 0 Å². The zero-order chi connectivity index (χ0) is 17.5. The van der Waals surface area contributed by atoms with Gasteiger partial charge in [-0.3, -0.25) is 4.79 Å². The third-order valence-electron chi connectivity index (χ3n) is 4.25. The lowest BCUT2D eigenvalue weighted by molar-refractivity contribution is -0.122. The fourth-order valence-electron chi connectivity index (χ4n) is 2.84. The van der Waals surface area contributed by atoms with Gasteiger partial charge in [0.15, 0.2) is 5.78 Å². The van der Waals surface area contributed by atoms with Crippen molar-refractivity contribution >= 4 is 11.5 Å². The Balaban J connectivity index is 1.78. The Morgan fingerprint density at radius 1 is 0.800 bits per heavy atom. The van der Waals surface area contributed by atoms with E-state index in [0.29, 0.717) is 6.54 Å². The lowest BCUT2D eigenvalue weighted by Crippen LogP contribution is -2.23. The molecule has 3 nitrogen and oxygen atoms in total. The minimum Gasteiger partial charge on any atom is -0.389 e. The first-order chi connectivity index (χ1) is 12.3. The van der Waals surface area contributed by atoms with Crippen molar-refractivity contribution in [3.05, 3.63) is 90.5 Å². The molecule has 0 radical (unpaired) electrons. The lowest BCUT2D eigenvalue weighted by atomic mass is 9.93. The molecule has 0 aliphatic heterocycles. The molecule has 0 bridgehead atoms. The van der Waals surface area contributed by atoms with E-state index in [0.717, 1.165) is 22.4 Å². The number of carbonyl (C=O) groups is 1. The third kappa shape index (κ3) is 4.34. The highest BCUT2D eigenvalue weighted by Gasteiger charge is 2.19. The van der Waals surface area contributed by atoms with E-state index in [4.69, 9.17) is 0 Å². The molecule has 0 saturated carbocycles. The number of hydrogen-bond donors (Lipinski definition) is 2. The molecule has 0 heterocycles. The molecular weight excluding hydrogens is 310 g/mol. The maximum absolute atomic E-state index is 12.2.